The number of amides is 6. The first-order valence-electron chi connectivity index (χ1n) is 24.6. The highest BCUT2D eigenvalue weighted by Crippen LogP contribution is 2.40. The number of aliphatic carboxylic acids is 1. The number of carboxylic acid groups (broad SMARTS) is 1. The molecule has 1 aromatic carbocycles. The molecule has 1 fully saturated rings. The van der Waals surface area contributed by atoms with E-state index in [-0.39, 0.29) is 52.1 Å². The van der Waals surface area contributed by atoms with Gasteiger partial charge in [0.05, 0.1) is 42.1 Å². The Hall–Kier alpha value is -7.64. The molecule has 6 amide bonds. The molecule has 10 bridgehead atoms. The van der Waals surface area contributed by atoms with Gasteiger partial charge in [-0.3, -0.25) is 38.9 Å². The molecule has 1 aliphatic carbocycles. The van der Waals surface area contributed by atoms with Gasteiger partial charge in [0.25, 0.3) is 17.7 Å². The highest BCUT2D eigenvalue weighted by Gasteiger charge is 2.33. The number of aliphatic hydroxyl groups excluding tert-OH is 1. The minimum absolute atomic E-state index is 0.0138. The van der Waals surface area contributed by atoms with E-state index in [1.807, 2.05) is 0 Å². The van der Waals surface area contributed by atoms with Gasteiger partial charge in [0.2, 0.25) is 17.7 Å². The molecule has 8 heterocycles. The quantitative estimate of drug-likeness (QED) is 0.0667. The molecular formula is C51H47N13O10S6. The van der Waals surface area contributed by atoms with Crippen LogP contribution in [0.15, 0.2) is 64.0 Å². The van der Waals surface area contributed by atoms with Crippen molar-refractivity contribution in [2.24, 2.45) is 11.8 Å². The Labute approximate surface area is 478 Å². The smallest absolute Gasteiger partial charge is 0.306 e. The van der Waals surface area contributed by atoms with Gasteiger partial charge in [-0.25, -0.2) is 34.9 Å². The van der Waals surface area contributed by atoms with Crippen LogP contribution < -0.4 is 31.9 Å². The third-order valence-corrected chi connectivity index (χ3v) is 18.5. The Morgan fingerprint density at radius 2 is 1.43 bits per heavy atom. The van der Waals surface area contributed by atoms with E-state index in [0.29, 0.717) is 95.2 Å². The molecule has 8 aromatic rings. The van der Waals surface area contributed by atoms with E-state index in [4.69, 9.17) is 29.7 Å². The number of nitrogens with zero attached hydrogens (tertiary/aromatic N) is 7. The van der Waals surface area contributed by atoms with Crippen molar-refractivity contribution < 1.29 is 48.5 Å². The topological polar surface area (TPSA) is 332 Å². The second-order valence-corrected chi connectivity index (χ2v) is 24.1. The van der Waals surface area contributed by atoms with Crippen LogP contribution in [0.4, 0.5) is 10.9 Å². The number of aromatic nitrogens is 7. The number of hydrogen-bond donors (Lipinski definition) is 8. The lowest BCUT2D eigenvalue weighted by molar-refractivity contribution is -0.143. The molecule has 29 heteroatoms. The van der Waals surface area contributed by atoms with Gasteiger partial charge in [-0.15, -0.1) is 56.7 Å². The van der Waals surface area contributed by atoms with Crippen molar-refractivity contribution >= 4 is 120 Å². The summed E-state index contributed by atoms with van der Waals surface area (Å²) < 4.78 is 5.33. The molecule has 8 N–H and O–H groups in total. The average molecular weight is 1190 g/mol. The van der Waals surface area contributed by atoms with E-state index in [0.717, 1.165) is 22.7 Å². The Morgan fingerprint density at radius 1 is 0.713 bits per heavy atom. The molecule has 0 unspecified atom stereocenters. The normalized spacial score (nSPS) is 18.3. The number of anilines is 2. The summed E-state index contributed by atoms with van der Waals surface area (Å²) in [5, 5.41) is 46.5. The molecule has 10 rings (SSSR count). The number of aryl methyl sites for hydroxylation is 1. The summed E-state index contributed by atoms with van der Waals surface area (Å²) in [4.78, 5) is 127. The SMILES string of the molecule is CNC(=O)C[C@@H]1NC(=O)c2csc(n2)-c2ccc(-c3nc(NC(=O)C4CCC(C(=O)O)CC4)cs3)nc2-c2csc(n2)-c2csc(n2)[C@H]([C@@H](O)c2ccccc2)NC(=O)CNC(=O)c2nc(sc2COC)NC(=O)c2nc1sc2C. The van der Waals surface area contributed by atoms with Gasteiger partial charge in [-0.2, -0.15) is 0 Å². The zero-order chi connectivity index (χ0) is 56.2. The zero-order valence-electron chi connectivity index (χ0n) is 42.4. The Balaban J connectivity index is 1.02. The van der Waals surface area contributed by atoms with E-state index >= 15 is 0 Å². The number of ether oxygens (including phenoxy) is 1. The summed E-state index contributed by atoms with van der Waals surface area (Å²) in [7, 11) is 2.88. The first kappa shape index (κ1) is 55.7. The summed E-state index contributed by atoms with van der Waals surface area (Å²) in [5.41, 5.74) is 2.52. The van der Waals surface area contributed by atoms with E-state index in [1.54, 1.807) is 70.9 Å². The van der Waals surface area contributed by atoms with Gasteiger partial charge in [-0.1, -0.05) is 41.7 Å². The summed E-state index contributed by atoms with van der Waals surface area (Å²) in [6.45, 7) is 1.07. The number of rotatable bonds is 10. The molecule has 0 radical (unpaired) electrons. The molecule has 1 saturated carbocycles. The van der Waals surface area contributed by atoms with Gasteiger partial charge in [0.1, 0.15) is 77.2 Å². The molecule has 0 saturated heterocycles. The Morgan fingerprint density at radius 3 is 2.19 bits per heavy atom. The Kier molecular flexibility index (Phi) is 17.0. The van der Waals surface area contributed by atoms with Crippen molar-refractivity contribution in [3.63, 3.8) is 0 Å². The summed E-state index contributed by atoms with van der Waals surface area (Å²) in [6.07, 6.45) is 0.222. The van der Waals surface area contributed by atoms with E-state index in [2.05, 4.69) is 41.9 Å². The maximum Gasteiger partial charge on any atom is 0.306 e. The van der Waals surface area contributed by atoms with Crippen LogP contribution in [0, 0.1) is 18.8 Å². The number of carboxylic acids is 1. The number of pyridine rings is 1. The minimum atomic E-state index is -1.28. The third kappa shape index (κ3) is 12.4. The lowest BCUT2D eigenvalue weighted by Gasteiger charge is -2.24. The number of thiazole rings is 6. The van der Waals surface area contributed by atoms with Crippen molar-refractivity contribution in [3.8, 4) is 43.4 Å². The zero-order valence-corrected chi connectivity index (χ0v) is 47.3. The number of methoxy groups -OCH3 is 1. The summed E-state index contributed by atoms with van der Waals surface area (Å²) in [5.74, 6) is -4.71. The maximum atomic E-state index is 14.2. The molecule has 0 spiro atoms. The monoisotopic (exact) mass is 1190 g/mol. The van der Waals surface area contributed by atoms with E-state index in [1.165, 1.54) is 59.5 Å². The second-order valence-electron chi connectivity index (χ2n) is 18.3. The van der Waals surface area contributed by atoms with Crippen molar-refractivity contribution in [2.75, 3.05) is 31.3 Å². The fourth-order valence-electron chi connectivity index (χ4n) is 8.81. The van der Waals surface area contributed by atoms with Crippen LogP contribution in [-0.2, 0) is 30.5 Å². The summed E-state index contributed by atoms with van der Waals surface area (Å²) >= 11 is 6.94. The molecule has 3 atom stereocenters. The van der Waals surface area contributed by atoms with Crippen LogP contribution in [0.2, 0.25) is 0 Å². The third-order valence-electron chi connectivity index (χ3n) is 12.9. The molecule has 80 heavy (non-hydrogen) atoms. The number of fused-ring (bicyclic) bond motifs is 14. The van der Waals surface area contributed by atoms with E-state index < -0.39 is 66.2 Å². The number of hydrogen-bond acceptors (Lipinski definition) is 22. The van der Waals surface area contributed by atoms with Gasteiger partial charge >= 0.3 is 5.97 Å². The molecule has 23 nitrogen and oxygen atoms in total. The number of aliphatic hydroxyl groups is 1. The second kappa shape index (κ2) is 24.4. The molecule has 7 aromatic heterocycles. The van der Waals surface area contributed by atoms with Crippen LogP contribution in [0.25, 0.3) is 43.4 Å². The molecule has 2 aliphatic rings. The van der Waals surface area contributed by atoms with Crippen molar-refractivity contribution in [3.05, 3.63) is 106 Å². The number of carbonyl (C=O) groups excluding carboxylic acids is 6. The van der Waals surface area contributed by atoms with Crippen LogP contribution in [0.1, 0.15) is 107 Å². The minimum Gasteiger partial charge on any atom is -0.481 e. The highest BCUT2D eigenvalue weighted by molar-refractivity contribution is 7.16. The van der Waals surface area contributed by atoms with Crippen molar-refractivity contribution in [2.45, 2.75) is 63.8 Å². The van der Waals surface area contributed by atoms with Gasteiger partial charge in [0, 0.05) is 52.0 Å². The predicted octanol–water partition coefficient (Wildman–Crippen LogP) is 7.27. The number of nitrogens with one attached hydrogen (secondary N) is 6. The fraction of sp³-hybridized carbons (Fsp3) is 0.294. The van der Waals surface area contributed by atoms with Gasteiger partial charge in [0.15, 0.2) is 5.13 Å². The lowest BCUT2D eigenvalue weighted by atomic mass is 9.81. The highest BCUT2D eigenvalue weighted by atomic mass is 32.1. The van der Waals surface area contributed by atoms with Crippen LogP contribution in [0.5, 0.6) is 0 Å². The molecular weight excluding hydrogens is 1150 g/mol. The van der Waals surface area contributed by atoms with Crippen molar-refractivity contribution in [1.82, 2.24) is 56.2 Å². The number of carbonyl (C=O) groups is 7. The van der Waals surface area contributed by atoms with E-state index in [9.17, 15) is 43.8 Å². The van der Waals surface area contributed by atoms with Gasteiger partial charge < -0.3 is 41.5 Å². The molecule has 412 valence electrons. The van der Waals surface area contributed by atoms with Crippen molar-refractivity contribution in [1.29, 1.82) is 0 Å². The first-order chi connectivity index (χ1) is 38.6. The number of benzene rings is 1. The maximum absolute atomic E-state index is 14.2. The van der Waals surface area contributed by atoms with Crippen LogP contribution in [0.3, 0.4) is 0 Å². The van der Waals surface area contributed by atoms with Gasteiger partial charge in [-0.05, 0) is 50.3 Å². The summed E-state index contributed by atoms with van der Waals surface area (Å²) in [6, 6.07) is 10.1. The Bertz CT molecular complexity index is 3660. The predicted molar refractivity (Wildman–Crippen MR) is 302 cm³/mol. The lowest BCUT2D eigenvalue weighted by Crippen LogP contribution is -2.40. The molecule has 1 aliphatic heterocycles. The largest absolute Gasteiger partial charge is 0.481 e. The average Bonchev–Trinajstić information content (AvgIpc) is 4.54. The fourth-order valence-corrected chi connectivity index (χ4v) is 14.0. The first-order valence-corrected chi connectivity index (χ1v) is 29.8. The van der Waals surface area contributed by atoms with Crippen LogP contribution >= 0.6 is 68.0 Å². The standard InChI is InChI=1S/C51H47N13O10S6/c1-22-36-44(71)64-51-63-38(32(80-51)17-74-3)43(70)53-16-35(66)61-39(40(67)23-7-5-4-6-8-23)49-58-31(20-77-49)47-56-29(18-76-47)37-26(45-57-30(19-75-45)42(69)55-28(15-34(65)52-2)48(62-36)79-22)13-14-27(54-37)46-60-33(21-78-46)59-41(68)24-9-11-25(12-10-24)50(72)73/h4-8,13-14,18-21,24-25,28,39-40,67H,9-12,15-17H2,1-3H3,(H,52,65)(H,53,70)(H,55,69)(H,59,68)(H,61,66)(H,72,73)(H,63,64,71)/t24?,25?,28-,39-,40-/m0/s1. The van der Waals surface area contributed by atoms with Crippen LogP contribution in [-0.4, -0.2) is 107 Å².